The molecule has 28 heavy (non-hydrogen) atoms. The molecule has 2 fully saturated rings. The maximum Gasteiger partial charge on any atom is 0.128 e. The van der Waals surface area contributed by atoms with Crippen LogP contribution in [-0.2, 0) is 17.8 Å². The summed E-state index contributed by atoms with van der Waals surface area (Å²) in [6.07, 6.45) is 0. The van der Waals surface area contributed by atoms with E-state index in [0.29, 0.717) is 18.2 Å². The molecule has 2 aliphatic rings. The summed E-state index contributed by atoms with van der Waals surface area (Å²) < 4.78 is 20.0. The molecule has 5 heteroatoms. The molecule has 2 aliphatic heterocycles. The van der Waals surface area contributed by atoms with Gasteiger partial charge in [-0.25, -0.2) is 4.39 Å². The van der Waals surface area contributed by atoms with Crippen molar-refractivity contribution >= 4 is 5.69 Å². The predicted molar refractivity (Wildman–Crippen MR) is 111 cm³/mol. The number of rotatable bonds is 6. The number of benzene rings is 2. The lowest BCUT2D eigenvalue weighted by atomic mass is 10.0. The number of anilines is 1. The summed E-state index contributed by atoms with van der Waals surface area (Å²) in [5.74, 6) is -0.124. The van der Waals surface area contributed by atoms with Crippen LogP contribution in [0.2, 0.25) is 0 Å². The van der Waals surface area contributed by atoms with E-state index in [1.807, 2.05) is 18.2 Å². The number of nitrogens with zero attached hydrogens (tertiary/aromatic N) is 2. The Morgan fingerprint density at radius 1 is 1.11 bits per heavy atom. The molecule has 0 atom stereocenters. The third kappa shape index (κ3) is 4.37. The average Bonchev–Trinajstić information content (AvgIpc) is 2.67. The Balaban J connectivity index is 1.29. The largest absolute Gasteiger partial charge is 0.381 e. The second-order valence-corrected chi connectivity index (χ2v) is 8.02. The zero-order valence-electron chi connectivity index (χ0n) is 16.9. The lowest BCUT2D eigenvalue weighted by Crippen LogP contribution is -2.60. The molecule has 0 saturated carbocycles. The maximum atomic E-state index is 14.6. The van der Waals surface area contributed by atoms with Gasteiger partial charge in [0.15, 0.2) is 0 Å². The Morgan fingerprint density at radius 2 is 1.89 bits per heavy atom. The lowest BCUT2D eigenvalue weighted by Gasteiger charge is -2.46. The summed E-state index contributed by atoms with van der Waals surface area (Å²) in [6.45, 7) is 11.4. The number of halogens is 1. The number of hydrogen-bond donors (Lipinski definition) is 1. The van der Waals surface area contributed by atoms with Crippen molar-refractivity contribution in [3.63, 3.8) is 0 Å². The highest BCUT2D eigenvalue weighted by atomic mass is 19.1. The molecule has 2 aromatic rings. The number of morpholine rings is 1. The minimum atomic E-state index is -0.124. The van der Waals surface area contributed by atoms with Crippen LogP contribution >= 0.6 is 0 Å². The Hall–Kier alpha value is -1.95. The molecule has 0 spiro atoms. The first-order valence-corrected chi connectivity index (χ1v) is 10.2. The van der Waals surface area contributed by atoms with E-state index in [1.165, 1.54) is 11.1 Å². The van der Waals surface area contributed by atoms with Crippen LogP contribution in [0.3, 0.4) is 0 Å². The molecule has 0 radical (unpaired) electrons. The second-order valence-electron chi connectivity index (χ2n) is 8.02. The van der Waals surface area contributed by atoms with E-state index in [-0.39, 0.29) is 5.82 Å². The molecule has 0 aromatic heterocycles. The van der Waals surface area contributed by atoms with Crippen molar-refractivity contribution in [3.05, 3.63) is 64.5 Å². The van der Waals surface area contributed by atoms with Crippen LogP contribution in [0.5, 0.6) is 0 Å². The van der Waals surface area contributed by atoms with E-state index in [2.05, 4.69) is 41.1 Å². The fraction of sp³-hybridized carbons (Fsp3) is 0.478. The van der Waals surface area contributed by atoms with Crippen molar-refractivity contribution < 1.29 is 9.13 Å². The van der Waals surface area contributed by atoms with Crippen LogP contribution in [0.15, 0.2) is 36.4 Å². The van der Waals surface area contributed by atoms with Gasteiger partial charge in [-0.3, -0.25) is 9.80 Å². The van der Waals surface area contributed by atoms with Gasteiger partial charge >= 0.3 is 0 Å². The summed E-state index contributed by atoms with van der Waals surface area (Å²) >= 11 is 0. The summed E-state index contributed by atoms with van der Waals surface area (Å²) in [6, 6.07) is 12.5. The highest BCUT2D eigenvalue weighted by Gasteiger charge is 2.32. The second kappa shape index (κ2) is 8.60. The smallest absolute Gasteiger partial charge is 0.128 e. The van der Waals surface area contributed by atoms with Crippen molar-refractivity contribution in [2.24, 2.45) is 0 Å². The molecule has 0 unspecified atom stereocenters. The van der Waals surface area contributed by atoms with Gasteiger partial charge in [0.05, 0.1) is 13.2 Å². The minimum absolute atomic E-state index is 0.124. The van der Waals surface area contributed by atoms with Crippen LogP contribution in [0.4, 0.5) is 10.1 Å². The van der Waals surface area contributed by atoms with Gasteiger partial charge in [0.1, 0.15) is 5.82 Å². The molecule has 4 nitrogen and oxygen atoms in total. The summed E-state index contributed by atoms with van der Waals surface area (Å²) in [4.78, 5) is 4.91. The maximum absolute atomic E-state index is 14.6. The number of likely N-dealkylation sites (tertiary alicyclic amines) is 1. The molecule has 2 heterocycles. The summed E-state index contributed by atoms with van der Waals surface area (Å²) in [5, 5.41) is 3.37. The topological polar surface area (TPSA) is 27.7 Å². The van der Waals surface area contributed by atoms with Gasteiger partial charge in [-0.15, -0.1) is 0 Å². The van der Waals surface area contributed by atoms with Crippen LogP contribution in [0.1, 0.15) is 22.3 Å². The van der Waals surface area contributed by atoms with Gasteiger partial charge in [0, 0.05) is 56.6 Å². The normalized spacial score (nSPS) is 18.8. The van der Waals surface area contributed by atoms with Gasteiger partial charge in [-0.05, 0) is 42.7 Å². The predicted octanol–water partition coefficient (Wildman–Crippen LogP) is 3.57. The van der Waals surface area contributed by atoms with Crippen molar-refractivity contribution in [1.82, 2.24) is 9.80 Å². The first kappa shape index (κ1) is 19.4. The van der Waals surface area contributed by atoms with E-state index in [0.717, 1.165) is 57.2 Å². The van der Waals surface area contributed by atoms with Crippen LogP contribution < -0.4 is 5.32 Å². The Morgan fingerprint density at radius 3 is 2.64 bits per heavy atom. The fourth-order valence-corrected chi connectivity index (χ4v) is 4.07. The Kier molecular flexibility index (Phi) is 5.95. The van der Waals surface area contributed by atoms with Gasteiger partial charge in [-0.1, -0.05) is 24.3 Å². The zero-order chi connectivity index (χ0) is 19.5. The zero-order valence-corrected chi connectivity index (χ0v) is 16.9. The van der Waals surface area contributed by atoms with Gasteiger partial charge in [0.2, 0.25) is 0 Å². The third-order valence-corrected chi connectivity index (χ3v) is 6.10. The van der Waals surface area contributed by atoms with Gasteiger partial charge in [-0.2, -0.15) is 0 Å². The van der Waals surface area contributed by atoms with Crippen molar-refractivity contribution in [2.45, 2.75) is 33.0 Å². The van der Waals surface area contributed by atoms with E-state index < -0.39 is 0 Å². The standard InChI is InChI=1S/C23H30FN3O/c1-17-4-3-5-23(18(17)2)25-13-20-7-6-19(12-22(20)24)14-26-15-21(16-26)27-8-10-28-11-9-27/h3-7,12,21,25H,8-11,13-16H2,1-2H3. The SMILES string of the molecule is Cc1cccc(NCc2ccc(CN3CC(N4CCOCC4)C3)cc2F)c1C. The molecule has 0 amide bonds. The third-order valence-electron chi connectivity index (χ3n) is 6.10. The molecular formula is C23H30FN3O. The van der Waals surface area contributed by atoms with Crippen molar-refractivity contribution in [1.29, 1.82) is 0 Å². The van der Waals surface area contributed by atoms with Gasteiger partial charge in [0.25, 0.3) is 0 Å². The molecule has 4 rings (SSSR count). The van der Waals surface area contributed by atoms with Crippen molar-refractivity contribution in [2.75, 3.05) is 44.7 Å². The molecule has 150 valence electrons. The van der Waals surface area contributed by atoms with Crippen LogP contribution in [0, 0.1) is 19.7 Å². The number of hydrogen-bond acceptors (Lipinski definition) is 4. The van der Waals surface area contributed by atoms with E-state index in [4.69, 9.17) is 4.74 Å². The number of nitrogens with one attached hydrogen (secondary N) is 1. The average molecular weight is 384 g/mol. The van der Waals surface area contributed by atoms with Crippen LogP contribution in [0.25, 0.3) is 0 Å². The molecule has 2 saturated heterocycles. The molecule has 2 aromatic carbocycles. The quantitative estimate of drug-likeness (QED) is 0.825. The molecular weight excluding hydrogens is 353 g/mol. The van der Waals surface area contributed by atoms with E-state index in [9.17, 15) is 4.39 Å². The minimum Gasteiger partial charge on any atom is -0.381 e. The summed E-state index contributed by atoms with van der Waals surface area (Å²) in [7, 11) is 0. The number of ether oxygens (including phenoxy) is 1. The lowest BCUT2D eigenvalue weighted by molar-refractivity contribution is -0.0344. The number of aryl methyl sites for hydroxylation is 1. The fourth-order valence-electron chi connectivity index (χ4n) is 4.07. The molecule has 1 N–H and O–H groups in total. The van der Waals surface area contributed by atoms with Gasteiger partial charge < -0.3 is 10.1 Å². The van der Waals surface area contributed by atoms with E-state index in [1.54, 1.807) is 6.07 Å². The van der Waals surface area contributed by atoms with Crippen LogP contribution in [-0.4, -0.2) is 55.2 Å². The first-order valence-electron chi connectivity index (χ1n) is 10.2. The van der Waals surface area contributed by atoms with E-state index >= 15 is 0 Å². The highest BCUT2D eigenvalue weighted by Crippen LogP contribution is 2.22. The summed E-state index contributed by atoms with van der Waals surface area (Å²) in [5.41, 5.74) is 5.28. The molecule has 0 aliphatic carbocycles. The highest BCUT2D eigenvalue weighted by molar-refractivity contribution is 5.54. The monoisotopic (exact) mass is 383 g/mol. The Labute approximate surface area is 167 Å². The van der Waals surface area contributed by atoms with Crippen molar-refractivity contribution in [3.8, 4) is 0 Å². The molecule has 0 bridgehead atoms. The first-order chi connectivity index (χ1) is 13.6. The Bertz CT molecular complexity index is 813.